The lowest BCUT2D eigenvalue weighted by Crippen LogP contribution is -2.38. The molecule has 0 spiro atoms. The van der Waals surface area contributed by atoms with Gasteiger partial charge in [0.05, 0.1) is 18.2 Å². The fourth-order valence-corrected chi connectivity index (χ4v) is 1.42. The first-order valence-electron chi connectivity index (χ1n) is 5.21. The van der Waals surface area contributed by atoms with Gasteiger partial charge in [-0.15, -0.1) is 0 Å². The van der Waals surface area contributed by atoms with Crippen molar-refractivity contribution in [3.05, 3.63) is 35.4 Å². The van der Waals surface area contributed by atoms with Crippen LogP contribution in [0.4, 0.5) is 0 Å². The molecule has 0 heterocycles. The lowest BCUT2D eigenvalue weighted by Gasteiger charge is -2.18. The van der Waals surface area contributed by atoms with Gasteiger partial charge in [-0.05, 0) is 13.0 Å². The number of hydrogen-bond acceptors (Lipinski definition) is 5. The van der Waals surface area contributed by atoms with E-state index in [1.165, 1.54) is 0 Å². The normalized spacial score (nSPS) is 13.5. The predicted octanol–water partition coefficient (Wildman–Crippen LogP) is 0.482. The zero-order valence-electron chi connectivity index (χ0n) is 9.46. The molecule has 0 bridgehead atoms. The van der Waals surface area contributed by atoms with Crippen molar-refractivity contribution in [2.45, 2.75) is 19.1 Å². The van der Waals surface area contributed by atoms with Crippen LogP contribution in [0.25, 0.3) is 0 Å². The van der Waals surface area contributed by atoms with Crippen molar-refractivity contribution in [2.75, 3.05) is 6.61 Å². The molecular weight excluding hydrogens is 220 g/mol. The van der Waals surface area contributed by atoms with Gasteiger partial charge in [-0.1, -0.05) is 18.2 Å². The van der Waals surface area contributed by atoms with Crippen LogP contribution in [0.2, 0.25) is 0 Å². The van der Waals surface area contributed by atoms with Crippen molar-refractivity contribution in [1.82, 2.24) is 0 Å². The Hall–Kier alpha value is -1.90. The summed E-state index contributed by atoms with van der Waals surface area (Å²) in [5, 5.41) is 18.8. The number of nitrogens with zero attached hydrogens (tertiary/aromatic N) is 1. The average molecular weight is 234 g/mol. The lowest BCUT2D eigenvalue weighted by molar-refractivity contribution is -0.147. The van der Waals surface area contributed by atoms with Crippen LogP contribution in [0, 0.1) is 11.3 Å². The first-order valence-corrected chi connectivity index (χ1v) is 5.21. The monoisotopic (exact) mass is 234 g/mol. The quantitative estimate of drug-likeness (QED) is 0.739. The number of hydrogen-bond donors (Lipinski definition) is 2. The average Bonchev–Trinajstić information content (AvgIpc) is 2.37. The fourth-order valence-electron chi connectivity index (χ4n) is 1.42. The molecule has 2 atom stereocenters. The number of aliphatic hydroxyl groups excluding tert-OH is 1. The molecule has 0 aliphatic carbocycles. The molecule has 0 aliphatic rings. The van der Waals surface area contributed by atoms with Crippen molar-refractivity contribution in [3.8, 4) is 6.07 Å². The third-order valence-electron chi connectivity index (χ3n) is 2.30. The van der Waals surface area contributed by atoms with Crippen LogP contribution in [-0.4, -0.2) is 23.7 Å². The molecule has 5 heteroatoms. The number of nitriles is 1. The zero-order chi connectivity index (χ0) is 12.8. The van der Waals surface area contributed by atoms with E-state index in [-0.39, 0.29) is 6.61 Å². The molecule has 1 aromatic rings. The molecule has 0 saturated heterocycles. The van der Waals surface area contributed by atoms with Crippen LogP contribution in [0.3, 0.4) is 0 Å². The van der Waals surface area contributed by atoms with E-state index in [1.807, 2.05) is 6.07 Å². The molecule has 0 aromatic heterocycles. The Labute approximate surface area is 99.4 Å². The molecule has 3 N–H and O–H groups in total. The van der Waals surface area contributed by atoms with Gasteiger partial charge in [-0.3, -0.25) is 4.79 Å². The van der Waals surface area contributed by atoms with Crippen molar-refractivity contribution in [1.29, 1.82) is 5.26 Å². The predicted molar refractivity (Wildman–Crippen MR) is 60.7 cm³/mol. The van der Waals surface area contributed by atoms with Gasteiger partial charge in [-0.2, -0.15) is 5.26 Å². The minimum atomic E-state index is -1.25. The smallest absolute Gasteiger partial charge is 0.325 e. The minimum absolute atomic E-state index is 0.194. The summed E-state index contributed by atoms with van der Waals surface area (Å²) in [5.41, 5.74) is 6.19. The van der Waals surface area contributed by atoms with Crippen molar-refractivity contribution >= 4 is 5.97 Å². The Balaban J connectivity index is 2.93. The van der Waals surface area contributed by atoms with E-state index < -0.39 is 18.1 Å². The Morgan fingerprint density at radius 2 is 2.24 bits per heavy atom. The minimum Gasteiger partial charge on any atom is -0.465 e. The van der Waals surface area contributed by atoms with Gasteiger partial charge >= 0.3 is 5.97 Å². The van der Waals surface area contributed by atoms with Gasteiger partial charge in [0.15, 0.2) is 0 Å². The summed E-state index contributed by atoms with van der Waals surface area (Å²) < 4.78 is 4.71. The Bertz CT molecular complexity index is 440. The molecule has 0 fully saturated rings. The van der Waals surface area contributed by atoms with E-state index in [2.05, 4.69) is 0 Å². The number of aliphatic hydroxyl groups is 1. The van der Waals surface area contributed by atoms with Gasteiger partial charge in [0, 0.05) is 5.56 Å². The van der Waals surface area contributed by atoms with E-state index in [1.54, 1.807) is 31.2 Å². The maximum atomic E-state index is 11.4. The highest BCUT2D eigenvalue weighted by Gasteiger charge is 2.26. The van der Waals surface area contributed by atoms with Crippen LogP contribution in [-0.2, 0) is 9.53 Å². The molecule has 5 nitrogen and oxygen atoms in total. The molecule has 17 heavy (non-hydrogen) atoms. The van der Waals surface area contributed by atoms with E-state index in [0.29, 0.717) is 11.1 Å². The van der Waals surface area contributed by atoms with E-state index in [4.69, 9.17) is 15.7 Å². The summed E-state index contributed by atoms with van der Waals surface area (Å²) in [6.45, 7) is 1.85. The molecule has 0 aliphatic heterocycles. The van der Waals surface area contributed by atoms with E-state index >= 15 is 0 Å². The summed E-state index contributed by atoms with van der Waals surface area (Å²) in [6.07, 6.45) is -1.25. The second-order valence-electron chi connectivity index (χ2n) is 3.42. The SMILES string of the molecule is CCOC(=O)C(N)C(O)c1ccccc1C#N. The van der Waals surface area contributed by atoms with Crippen molar-refractivity contribution in [3.63, 3.8) is 0 Å². The number of rotatable bonds is 4. The number of benzene rings is 1. The standard InChI is InChI=1S/C12H14N2O3/c1-2-17-12(16)10(14)11(15)9-6-4-3-5-8(9)7-13/h3-6,10-11,15H,2,14H2,1H3. The van der Waals surface area contributed by atoms with Crippen LogP contribution < -0.4 is 5.73 Å². The molecule has 90 valence electrons. The number of ether oxygens (including phenoxy) is 1. The largest absolute Gasteiger partial charge is 0.465 e. The highest BCUT2D eigenvalue weighted by Crippen LogP contribution is 2.20. The van der Waals surface area contributed by atoms with Crippen molar-refractivity contribution in [2.24, 2.45) is 5.73 Å². The third kappa shape index (κ3) is 3.03. The molecule has 0 amide bonds. The number of carbonyl (C=O) groups is 1. The highest BCUT2D eigenvalue weighted by molar-refractivity contribution is 5.76. The first-order chi connectivity index (χ1) is 8.11. The van der Waals surface area contributed by atoms with Crippen LogP contribution in [0.15, 0.2) is 24.3 Å². The maximum Gasteiger partial charge on any atom is 0.325 e. The van der Waals surface area contributed by atoms with Crippen LogP contribution >= 0.6 is 0 Å². The van der Waals surface area contributed by atoms with Gasteiger partial charge in [0.25, 0.3) is 0 Å². The van der Waals surface area contributed by atoms with E-state index in [9.17, 15) is 9.90 Å². The zero-order valence-corrected chi connectivity index (χ0v) is 9.46. The highest BCUT2D eigenvalue weighted by atomic mass is 16.5. The number of esters is 1. The van der Waals surface area contributed by atoms with Crippen LogP contribution in [0.1, 0.15) is 24.2 Å². The molecule has 1 aromatic carbocycles. The summed E-state index contributed by atoms with van der Waals surface area (Å²) in [7, 11) is 0. The molecule has 0 radical (unpaired) electrons. The topological polar surface area (TPSA) is 96.3 Å². The number of carbonyl (C=O) groups excluding carboxylic acids is 1. The van der Waals surface area contributed by atoms with Gasteiger partial charge < -0.3 is 15.6 Å². The van der Waals surface area contributed by atoms with Gasteiger partial charge in [0.2, 0.25) is 0 Å². The van der Waals surface area contributed by atoms with Gasteiger partial charge in [0.1, 0.15) is 12.1 Å². The second kappa shape index (κ2) is 5.99. The Morgan fingerprint density at radius 1 is 1.59 bits per heavy atom. The lowest BCUT2D eigenvalue weighted by atomic mass is 9.98. The van der Waals surface area contributed by atoms with Gasteiger partial charge in [-0.25, -0.2) is 0 Å². The first kappa shape index (κ1) is 13.2. The molecule has 0 saturated carbocycles. The van der Waals surface area contributed by atoms with E-state index in [0.717, 1.165) is 0 Å². The Morgan fingerprint density at radius 3 is 2.82 bits per heavy atom. The summed E-state index contributed by atoms with van der Waals surface area (Å²) >= 11 is 0. The fraction of sp³-hybridized carbons (Fsp3) is 0.333. The summed E-state index contributed by atoms with van der Waals surface area (Å²) in [6, 6.07) is 7.19. The third-order valence-corrected chi connectivity index (χ3v) is 2.30. The summed E-state index contributed by atoms with van der Waals surface area (Å²) in [5.74, 6) is -0.687. The summed E-state index contributed by atoms with van der Waals surface area (Å²) in [4.78, 5) is 11.4. The molecule has 2 unspecified atom stereocenters. The molecular formula is C12H14N2O3. The van der Waals surface area contributed by atoms with Crippen LogP contribution in [0.5, 0.6) is 0 Å². The Kier molecular flexibility index (Phi) is 4.64. The maximum absolute atomic E-state index is 11.4. The van der Waals surface area contributed by atoms with Crippen molar-refractivity contribution < 1.29 is 14.6 Å². The number of nitrogens with two attached hydrogens (primary N) is 1. The molecule has 1 rings (SSSR count). The second-order valence-corrected chi connectivity index (χ2v) is 3.42.